The van der Waals surface area contributed by atoms with Crippen molar-refractivity contribution >= 4 is 37.5 Å². The summed E-state index contributed by atoms with van der Waals surface area (Å²) in [6, 6.07) is 20.9. The van der Waals surface area contributed by atoms with Crippen LogP contribution in [0.4, 0.5) is 0 Å². The van der Waals surface area contributed by atoms with Gasteiger partial charge in [-0.15, -0.1) is 11.8 Å². The van der Waals surface area contributed by atoms with Crippen molar-refractivity contribution in [2.45, 2.75) is 18.2 Å². The molecule has 6 nitrogen and oxygen atoms in total. The van der Waals surface area contributed by atoms with E-state index in [0.717, 1.165) is 27.1 Å². The minimum absolute atomic E-state index is 0.150. The highest BCUT2D eigenvalue weighted by atomic mass is 32.2. The minimum Gasteiger partial charge on any atom is -0.463 e. The van der Waals surface area contributed by atoms with Gasteiger partial charge >= 0.3 is 17.9 Å². The van der Waals surface area contributed by atoms with Crippen LogP contribution in [0.15, 0.2) is 95.8 Å². The van der Waals surface area contributed by atoms with Crippen molar-refractivity contribution in [1.29, 1.82) is 0 Å². The Kier molecular flexibility index (Phi) is 10.1. The van der Waals surface area contributed by atoms with E-state index in [0.29, 0.717) is 28.8 Å². The van der Waals surface area contributed by atoms with Crippen LogP contribution < -0.4 is 4.74 Å². The fourth-order valence-electron chi connectivity index (χ4n) is 3.40. The molecule has 0 N–H and O–H groups in total. The van der Waals surface area contributed by atoms with Crippen LogP contribution in [0.1, 0.15) is 23.7 Å². The Morgan fingerprint density at radius 2 is 1.39 bits per heavy atom. The number of rotatable bonds is 11. The van der Waals surface area contributed by atoms with Gasteiger partial charge in [-0.1, -0.05) is 55.6 Å². The molecule has 0 aliphatic rings. The molecule has 0 amide bonds. The van der Waals surface area contributed by atoms with E-state index in [1.54, 1.807) is 44.7 Å². The molecule has 0 aliphatic carbocycles. The summed E-state index contributed by atoms with van der Waals surface area (Å²) in [7, 11) is 1.58. The monoisotopic (exact) mass is 528 g/mol. The molecule has 0 bridgehead atoms. The first-order valence-electron chi connectivity index (χ1n) is 12.0. The van der Waals surface area contributed by atoms with Gasteiger partial charge in [-0.05, 0) is 65.2 Å². The summed E-state index contributed by atoms with van der Waals surface area (Å²) in [5.41, 5.74) is 5.17. The van der Waals surface area contributed by atoms with Crippen LogP contribution >= 0.6 is 11.8 Å². The van der Waals surface area contributed by atoms with Gasteiger partial charge in [0, 0.05) is 16.9 Å². The van der Waals surface area contributed by atoms with Gasteiger partial charge in [-0.3, -0.25) is 0 Å². The van der Waals surface area contributed by atoms with Gasteiger partial charge in [-0.25, -0.2) is 14.4 Å². The maximum Gasteiger partial charge on any atom is 0.338 e. The second-order valence-corrected chi connectivity index (χ2v) is 9.44. The molecule has 0 aromatic heterocycles. The number of carbonyl (C=O) groups excluding carboxylic acids is 3. The van der Waals surface area contributed by atoms with E-state index in [9.17, 15) is 14.4 Å². The zero-order valence-corrected chi connectivity index (χ0v) is 22.6. The largest absolute Gasteiger partial charge is 0.463 e. The number of esters is 3. The number of hydrogen-bond donors (Lipinski definition) is 0. The van der Waals surface area contributed by atoms with Crippen molar-refractivity contribution in [2.75, 3.05) is 19.5 Å². The molecule has 3 aromatic rings. The molecule has 0 fully saturated rings. The lowest BCUT2D eigenvalue weighted by Crippen LogP contribution is -2.12. The maximum atomic E-state index is 12.5. The average molecular weight is 528 g/mol. The molecule has 3 rings (SSSR count). The van der Waals surface area contributed by atoms with Crippen LogP contribution in [0, 0.1) is 0 Å². The Labute approximate surface area is 228 Å². The van der Waals surface area contributed by atoms with E-state index in [1.165, 1.54) is 0 Å². The van der Waals surface area contributed by atoms with Crippen LogP contribution in [0.25, 0.3) is 22.3 Å². The zero-order chi connectivity index (χ0) is 27.7. The van der Waals surface area contributed by atoms with Gasteiger partial charge in [0.05, 0.1) is 18.8 Å². The van der Waals surface area contributed by atoms with Crippen molar-refractivity contribution in [2.24, 2.45) is 0 Å². The SMILES string of the molecule is BC(=C)C(=O)OCCCOC(=O)c1ccc(-c2ccc(-c3ccc(OC(=O)C(=C)C)cc3)cc2)c(SC)c1. The van der Waals surface area contributed by atoms with Gasteiger partial charge in [0.25, 0.3) is 0 Å². The number of ether oxygens (including phenoxy) is 3. The van der Waals surface area contributed by atoms with Crippen LogP contribution in [-0.2, 0) is 19.1 Å². The van der Waals surface area contributed by atoms with Crippen molar-refractivity contribution in [3.8, 4) is 28.0 Å². The normalized spacial score (nSPS) is 10.4. The van der Waals surface area contributed by atoms with Crippen LogP contribution in [-0.4, -0.2) is 45.2 Å². The highest BCUT2D eigenvalue weighted by Gasteiger charge is 2.13. The maximum absolute atomic E-state index is 12.5. The lowest BCUT2D eigenvalue weighted by atomic mass is 9.99. The molecular formula is C30H29BO6S. The van der Waals surface area contributed by atoms with Crippen molar-refractivity contribution < 1.29 is 28.6 Å². The number of carbonyl (C=O) groups is 3. The molecule has 0 saturated heterocycles. The van der Waals surface area contributed by atoms with Gasteiger partial charge < -0.3 is 14.2 Å². The van der Waals surface area contributed by atoms with Gasteiger partial charge in [0.15, 0.2) is 0 Å². The first-order valence-corrected chi connectivity index (χ1v) is 13.2. The van der Waals surface area contributed by atoms with E-state index in [1.807, 2.05) is 54.8 Å². The van der Waals surface area contributed by atoms with E-state index in [2.05, 4.69) is 13.2 Å². The average Bonchev–Trinajstić information content (AvgIpc) is 2.92. The predicted molar refractivity (Wildman–Crippen MR) is 153 cm³/mol. The molecule has 0 aliphatic heterocycles. The molecule has 3 aromatic carbocycles. The number of hydrogen-bond acceptors (Lipinski definition) is 7. The van der Waals surface area contributed by atoms with Gasteiger partial charge in [0.1, 0.15) is 13.6 Å². The Bertz CT molecular complexity index is 1350. The Morgan fingerprint density at radius 3 is 1.97 bits per heavy atom. The van der Waals surface area contributed by atoms with E-state index >= 15 is 0 Å². The van der Waals surface area contributed by atoms with E-state index < -0.39 is 17.9 Å². The van der Waals surface area contributed by atoms with Crippen LogP contribution in [0.3, 0.4) is 0 Å². The minimum atomic E-state index is -0.455. The third-order valence-electron chi connectivity index (χ3n) is 5.48. The lowest BCUT2D eigenvalue weighted by molar-refractivity contribution is -0.138. The molecule has 38 heavy (non-hydrogen) atoms. The third-order valence-corrected chi connectivity index (χ3v) is 6.26. The molecular weight excluding hydrogens is 499 g/mol. The molecule has 0 spiro atoms. The fourth-order valence-corrected chi connectivity index (χ4v) is 4.05. The first-order chi connectivity index (χ1) is 18.2. The zero-order valence-electron chi connectivity index (χ0n) is 21.7. The third kappa shape index (κ3) is 7.73. The summed E-state index contributed by atoms with van der Waals surface area (Å²) in [4.78, 5) is 36.5. The summed E-state index contributed by atoms with van der Waals surface area (Å²) < 4.78 is 15.6. The topological polar surface area (TPSA) is 78.9 Å². The molecule has 0 heterocycles. The van der Waals surface area contributed by atoms with Crippen molar-refractivity contribution in [1.82, 2.24) is 0 Å². The second-order valence-electron chi connectivity index (χ2n) is 8.59. The molecule has 0 atom stereocenters. The van der Waals surface area contributed by atoms with Gasteiger partial charge in [-0.2, -0.15) is 0 Å². The van der Waals surface area contributed by atoms with Crippen LogP contribution in [0.5, 0.6) is 5.75 Å². The van der Waals surface area contributed by atoms with Gasteiger partial charge in [0.2, 0.25) is 0 Å². The summed E-state index contributed by atoms with van der Waals surface area (Å²) in [6.07, 6.45) is 2.37. The Hall–Kier alpha value is -4.04. The predicted octanol–water partition coefficient (Wildman–Crippen LogP) is 5.46. The molecule has 0 radical (unpaired) electrons. The Morgan fingerprint density at radius 1 is 0.816 bits per heavy atom. The van der Waals surface area contributed by atoms with E-state index in [-0.39, 0.29) is 13.2 Å². The number of thioether (sulfide) groups is 1. The summed E-state index contributed by atoms with van der Waals surface area (Å²) in [6.45, 7) is 9.03. The Balaban J connectivity index is 1.64. The lowest BCUT2D eigenvalue weighted by Gasteiger charge is -2.12. The molecule has 8 heteroatoms. The van der Waals surface area contributed by atoms with Crippen molar-refractivity contribution in [3.05, 3.63) is 96.5 Å². The number of benzene rings is 3. The molecule has 0 saturated carbocycles. The summed E-state index contributed by atoms with van der Waals surface area (Å²) >= 11 is 1.55. The quantitative estimate of drug-likeness (QED) is 0.0817. The highest BCUT2D eigenvalue weighted by Crippen LogP contribution is 2.33. The standard InChI is InChI=1S/C30H29BO6S/c1-19(2)28(32)37-25-13-10-22(11-14-25)21-6-8-23(9-7-21)26-15-12-24(18-27(26)38-4)30(34)36-17-5-16-35-29(33)20(3)31/h6-15,18H,1,3,5,16-17,31H2,2,4H3. The summed E-state index contributed by atoms with van der Waals surface area (Å²) in [5.74, 6) is -0.865. The first kappa shape index (κ1) is 28.5. The fraction of sp³-hybridized carbons (Fsp3) is 0.167. The van der Waals surface area contributed by atoms with Crippen LogP contribution in [0.2, 0.25) is 0 Å². The van der Waals surface area contributed by atoms with Crippen molar-refractivity contribution in [3.63, 3.8) is 0 Å². The molecule has 0 unspecified atom stereocenters. The second kappa shape index (κ2) is 13.5. The summed E-state index contributed by atoms with van der Waals surface area (Å²) in [5, 5.41) is 0. The molecule has 194 valence electrons. The smallest absolute Gasteiger partial charge is 0.338 e. The highest BCUT2D eigenvalue weighted by molar-refractivity contribution is 7.98. The van der Waals surface area contributed by atoms with E-state index in [4.69, 9.17) is 14.2 Å².